The first-order valence-electron chi connectivity index (χ1n) is 10.9. The molecular weight excluding hydrogens is 478 g/mol. The minimum Gasteiger partial charge on any atom is -0.490 e. The van der Waals surface area contributed by atoms with Crippen molar-refractivity contribution in [3.8, 4) is 11.5 Å². The van der Waals surface area contributed by atoms with E-state index in [1.165, 1.54) is 12.1 Å². The van der Waals surface area contributed by atoms with Crippen LogP contribution in [0.5, 0.6) is 11.5 Å². The van der Waals surface area contributed by atoms with Gasteiger partial charge in [0.1, 0.15) is 12.4 Å². The molecule has 1 amide bonds. The van der Waals surface area contributed by atoms with Crippen LogP contribution in [-0.2, 0) is 17.9 Å². The summed E-state index contributed by atoms with van der Waals surface area (Å²) in [4.78, 5) is 11.8. The zero-order valence-corrected chi connectivity index (χ0v) is 20.8. The minimum atomic E-state index is -0.409. The summed E-state index contributed by atoms with van der Waals surface area (Å²) in [6.07, 6.45) is 0. The van der Waals surface area contributed by atoms with Crippen LogP contribution < -0.4 is 20.1 Å². The molecule has 0 aliphatic heterocycles. The number of nitrogens with one attached hydrogen (secondary N) is 2. The molecule has 0 unspecified atom stereocenters. The van der Waals surface area contributed by atoms with Crippen molar-refractivity contribution in [1.29, 1.82) is 0 Å². The first-order chi connectivity index (χ1) is 16.3. The maximum atomic E-state index is 13.3. The summed E-state index contributed by atoms with van der Waals surface area (Å²) in [6, 6.07) is 15.3. The quantitative estimate of drug-likeness (QED) is 0.303. The minimum absolute atomic E-state index is 0.0252. The average Bonchev–Trinajstić information content (AvgIpc) is 2.79. The normalized spacial score (nSPS) is 10.8. The van der Waals surface area contributed by atoms with Gasteiger partial charge in [0.2, 0.25) is 5.91 Å². The number of ether oxygens (including phenoxy) is 2. The molecule has 2 N–H and O–H groups in total. The largest absolute Gasteiger partial charge is 0.490 e. The summed E-state index contributed by atoms with van der Waals surface area (Å²) in [5, 5.41) is 6.87. The van der Waals surface area contributed by atoms with Gasteiger partial charge in [0.25, 0.3) is 0 Å². The Hall–Kier alpha value is -2.96. The van der Waals surface area contributed by atoms with Gasteiger partial charge in [-0.15, -0.1) is 0 Å². The lowest BCUT2D eigenvalue weighted by atomic mass is 10.1. The van der Waals surface area contributed by atoms with Crippen LogP contribution in [0.25, 0.3) is 0 Å². The van der Waals surface area contributed by atoms with Gasteiger partial charge in [0.05, 0.1) is 16.7 Å². The fourth-order valence-electron chi connectivity index (χ4n) is 3.08. The number of amides is 1. The number of halogens is 3. The molecular formula is C26H27Cl2FN2O3. The highest BCUT2D eigenvalue weighted by Crippen LogP contribution is 2.38. The highest BCUT2D eigenvalue weighted by atomic mass is 35.5. The molecule has 34 heavy (non-hydrogen) atoms. The van der Waals surface area contributed by atoms with E-state index in [0.717, 1.165) is 16.9 Å². The summed E-state index contributed by atoms with van der Waals surface area (Å²) < 4.78 is 24.9. The van der Waals surface area contributed by atoms with Gasteiger partial charge in [-0.3, -0.25) is 4.79 Å². The topological polar surface area (TPSA) is 59.6 Å². The van der Waals surface area contributed by atoms with E-state index >= 15 is 0 Å². The molecule has 0 atom stereocenters. The number of hydrogen-bond acceptors (Lipinski definition) is 4. The van der Waals surface area contributed by atoms with Crippen LogP contribution in [-0.4, -0.2) is 12.5 Å². The van der Waals surface area contributed by atoms with Crippen molar-refractivity contribution in [2.24, 2.45) is 5.92 Å². The molecule has 0 spiro atoms. The van der Waals surface area contributed by atoms with Crippen molar-refractivity contribution < 1.29 is 18.7 Å². The average molecular weight is 505 g/mol. The van der Waals surface area contributed by atoms with Gasteiger partial charge in [-0.1, -0.05) is 43.1 Å². The zero-order valence-electron chi connectivity index (χ0n) is 19.3. The third-order valence-electron chi connectivity index (χ3n) is 4.93. The van der Waals surface area contributed by atoms with Crippen molar-refractivity contribution in [2.45, 2.75) is 33.9 Å². The Kier molecular flexibility index (Phi) is 9.02. The van der Waals surface area contributed by atoms with Crippen LogP contribution in [0.1, 0.15) is 31.9 Å². The Bertz CT molecular complexity index is 1140. The maximum absolute atomic E-state index is 13.3. The second-order valence-electron chi connectivity index (χ2n) is 7.94. The molecule has 8 heteroatoms. The standard InChI is InChI=1S/C26H27Cl2FN2O3/c1-4-33-24-12-17(14-30-20-7-9-21(10-8-20)31-26(32)16(2)3)11-23(28)25(24)34-15-18-5-6-19(29)13-22(18)27/h5-13,16,30H,4,14-15H2,1-3H3,(H,31,32). The first-order valence-corrected chi connectivity index (χ1v) is 11.7. The molecule has 0 aromatic heterocycles. The van der Waals surface area contributed by atoms with Crippen LogP contribution >= 0.6 is 23.2 Å². The van der Waals surface area contributed by atoms with E-state index in [9.17, 15) is 9.18 Å². The Labute approximate surface area is 209 Å². The van der Waals surface area contributed by atoms with Crippen LogP contribution in [0.2, 0.25) is 10.0 Å². The van der Waals surface area contributed by atoms with Crippen molar-refractivity contribution in [2.75, 3.05) is 17.2 Å². The molecule has 3 rings (SSSR count). The lowest BCUT2D eigenvalue weighted by Gasteiger charge is -2.16. The molecule has 0 radical (unpaired) electrons. The highest BCUT2D eigenvalue weighted by molar-refractivity contribution is 6.32. The zero-order chi connectivity index (χ0) is 24.7. The van der Waals surface area contributed by atoms with Crippen molar-refractivity contribution in [1.82, 2.24) is 0 Å². The Morgan fingerprint density at radius 2 is 1.68 bits per heavy atom. The second-order valence-corrected chi connectivity index (χ2v) is 8.75. The molecule has 3 aromatic rings. The van der Waals surface area contributed by atoms with Gasteiger partial charge >= 0.3 is 0 Å². The maximum Gasteiger partial charge on any atom is 0.226 e. The summed E-state index contributed by atoms with van der Waals surface area (Å²) in [5.74, 6) is 0.396. The SMILES string of the molecule is CCOc1cc(CNc2ccc(NC(=O)C(C)C)cc2)cc(Cl)c1OCc1ccc(F)cc1Cl. The van der Waals surface area contributed by atoms with Crippen molar-refractivity contribution in [3.63, 3.8) is 0 Å². The molecule has 5 nitrogen and oxygen atoms in total. The van der Waals surface area contributed by atoms with Crippen LogP contribution in [0.3, 0.4) is 0 Å². The van der Waals surface area contributed by atoms with Gasteiger partial charge in [-0.05, 0) is 61.0 Å². The Morgan fingerprint density at radius 1 is 0.971 bits per heavy atom. The van der Waals surface area contributed by atoms with E-state index in [1.807, 2.05) is 51.1 Å². The van der Waals surface area contributed by atoms with Crippen LogP contribution in [0.15, 0.2) is 54.6 Å². The molecule has 0 aliphatic carbocycles. The second kappa shape index (κ2) is 12.0. The molecule has 0 fully saturated rings. The Balaban J connectivity index is 1.68. The number of anilines is 2. The van der Waals surface area contributed by atoms with Gasteiger partial charge in [-0.25, -0.2) is 4.39 Å². The predicted molar refractivity (Wildman–Crippen MR) is 136 cm³/mol. The molecule has 0 saturated carbocycles. The van der Waals surface area contributed by atoms with E-state index in [2.05, 4.69) is 10.6 Å². The number of rotatable bonds is 10. The number of carbonyl (C=O) groups is 1. The molecule has 180 valence electrons. The molecule has 0 heterocycles. The molecule has 0 saturated heterocycles. The fraction of sp³-hybridized carbons (Fsp3) is 0.269. The number of carbonyl (C=O) groups excluding carboxylic acids is 1. The molecule has 0 aliphatic rings. The van der Waals surface area contributed by atoms with Gasteiger partial charge in [0, 0.05) is 29.4 Å². The number of benzene rings is 3. The van der Waals surface area contributed by atoms with Crippen LogP contribution in [0, 0.1) is 11.7 Å². The third kappa shape index (κ3) is 7.02. The third-order valence-corrected chi connectivity index (χ3v) is 5.56. The Morgan fingerprint density at radius 3 is 2.32 bits per heavy atom. The van der Waals surface area contributed by atoms with E-state index in [1.54, 1.807) is 12.1 Å². The first kappa shape index (κ1) is 25.7. The summed E-state index contributed by atoms with van der Waals surface area (Å²) in [7, 11) is 0. The van der Waals surface area contributed by atoms with E-state index in [0.29, 0.717) is 35.2 Å². The monoisotopic (exact) mass is 504 g/mol. The molecule has 0 bridgehead atoms. The van der Waals surface area contributed by atoms with Crippen LogP contribution in [0.4, 0.5) is 15.8 Å². The van der Waals surface area contributed by atoms with Gasteiger partial charge in [0.15, 0.2) is 11.5 Å². The van der Waals surface area contributed by atoms with Gasteiger partial charge < -0.3 is 20.1 Å². The lowest BCUT2D eigenvalue weighted by Crippen LogP contribution is -2.17. The summed E-state index contributed by atoms with van der Waals surface area (Å²) in [5.41, 5.74) is 3.18. The predicted octanol–water partition coefficient (Wildman–Crippen LogP) is 7.32. The van der Waals surface area contributed by atoms with Crippen molar-refractivity contribution in [3.05, 3.63) is 81.6 Å². The fourth-order valence-corrected chi connectivity index (χ4v) is 3.59. The highest BCUT2D eigenvalue weighted by Gasteiger charge is 2.14. The number of hydrogen-bond donors (Lipinski definition) is 2. The smallest absolute Gasteiger partial charge is 0.226 e. The van der Waals surface area contributed by atoms with E-state index < -0.39 is 5.82 Å². The van der Waals surface area contributed by atoms with Gasteiger partial charge in [-0.2, -0.15) is 0 Å². The van der Waals surface area contributed by atoms with Crippen molar-refractivity contribution >= 4 is 40.5 Å². The lowest BCUT2D eigenvalue weighted by molar-refractivity contribution is -0.118. The summed E-state index contributed by atoms with van der Waals surface area (Å²) >= 11 is 12.6. The van der Waals surface area contributed by atoms with E-state index in [4.69, 9.17) is 32.7 Å². The molecule has 3 aromatic carbocycles. The summed E-state index contributed by atoms with van der Waals surface area (Å²) in [6.45, 7) is 6.63. The van der Waals surface area contributed by atoms with E-state index in [-0.39, 0.29) is 23.5 Å².